The van der Waals surface area contributed by atoms with Crippen LogP contribution in [-0.4, -0.2) is 11.7 Å². The number of nitrogens with one attached hydrogen (secondary N) is 1. The second-order valence-corrected chi connectivity index (χ2v) is 4.65. The molecule has 3 heteroatoms. The van der Waals surface area contributed by atoms with Crippen molar-refractivity contribution in [2.45, 2.75) is 33.3 Å². The highest BCUT2D eigenvalue weighted by Gasteiger charge is 2.04. The molecule has 1 atom stereocenters. The van der Waals surface area contributed by atoms with E-state index in [2.05, 4.69) is 19.2 Å². The molecule has 0 spiro atoms. The third-order valence-corrected chi connectivity index (χ3v) is 2.97. The van der Waals surface area contributed by atoms with Gasteiger partial charge in [0, 0.05) is 6.54 Å². The van der Waals surface area contributed by atoms with E-state index in [4.69, 9.17) is 16.7 Å². The van der Waals surface area contributed by atoms with E-state index in [-0.39, 0.29) is 6.61 Å². The maximum atomic E-state index is 9.04. The fraction of sp³-hybridized carbons (Fsp3) is 0.538. The summed E-state index contributed by atoms with van der Waals surface area (Å²) in [6.07, 6.45) is 2.41. The van der Waals surface area contributed by atoms with Crippen LogP contribution in [-0.2, 0) is 6.61 Å². The molecule has 1 aromatic rings. The van der Waals surface area contributed by atoms with Gasteiger partial charge in [-0.25, -0.2) is 0 Å². The molecule has 1 aromatic carbocycles. The van der Waals surface area contributed by atoms with E-state index in [1.165, 1.54) is 12.8 Å². The number of rotatable bonds is 6. The second kappa shape index (κ2) is 6.77. The van der Waals surface area contributed by atoms with Gasteiger partial charge in [0.25, 0.3) is 0 Å². The van der Waals surface area contributed by atoms with Crippen molar-refractivity contribution in [3.63, 3.8) is 0 Å². The minimum Gasteiger partial charge on any atom is -0.392 e. The molecule has 2 nitrogen and oxygen atoms in total. The number of aliphatic hydroxyl groups is 1. The van der Waals surface area contributed by atoms with E-state index in [0.717, 1.165) is 17.8 Å². The van der Waals surface area contributed by atoms with Crippen molar-refractivity contribution in [2.24, 2.45) is 5.92 Å². The molecule has 0 fully saturated rings. The zero-order valence-corrected chi connectivity index (χ0v) is 10.7. The average Bonchev–Trinajstić information content (AvgIpc) is 2.28. The Labute approximate surface area is 103 Å². The first-order valence-corrected chi connectivity index (χ1v) is 6.18. The monoisotopic (exact) mass is 241 g/mol. The first kappa shape index (κ1) is 13.3. The minimum atomic E-state index is 0.0519. The molecule has 0 aliphatic rings. The summed E-state index contributed by atoms with van der Waals surface area (Å²) in [5, 5.41) is 13.1. The molecule has 0 aliphatic heterocycles. The van der Waals surface area contributed by atoms with Gasteiger partial charge in [-0.2, -0.15) is 0 Å². The highest BCUT2D eigenvalue weighted by atomic mass is 35.5. The van der Waals surface area contributed by atoms with Gasteiger partial charge < -0.3 is 10.4 Å². The van der Waals surface area contributed by atoms with Crippen LogP contribution in [0, 0.1) is 5.92 Å². The lowest BCUT2D eigenvalue weighted by molar-refractivity contribution is 0.282. The van der Waals surface area contributed by atoms with Crippen LogP contribution in [0.2, 0.25) is 5.02 Å². The van der Waals surface area contributed by atoms with Crippen LogP contribution in [0.4, 0.5) is 5.69 Å². The summed E-state index contributed by atoms with van der Waals surface area (Å²) >= 11 is 6.07. The van der Waals surface area contributed by atoms with Gasteiger partial charge in [-0.15, -0.1) is 0 Å². The van der Waals surface area contributed by atoms with Crippen molar-refractivity contribution in [2.75, 3.05) is 11.9 Å². The Balaban J connectivity index is 2.58. The van der Waals surface area contributed by atoms with E-state index in [0.29, 0.717) is 10.9 Å². The maximum Gasteiger partial charge on any atom is 0.0682 e. The topological polar surface area (TPSA) is 32.3 Å². The van der Waals surface area contributed by atoms with Gasteiger partial charge in [-0.3, -0.25) is 0 Å². The first-order valence-electron chi connectivity index (χ1n) is 5.80. The molecule has 0 radical (unpaired) electrons. The van der Waals surface area contributed by atoms with E-state index in [9.17, 15) is 0 Å². The molecule has 90 valence electrons. The molecule has 0 amide bonds. The summed E-state index contributed by atoms with van der Waals surface area (Å²) < 4.78 is 0. The Kier molecular flexibility index (Phi) is 5.64. The van der Waals surface area contributed by atoms with Crippen molar-refractivity contribution in [3.05, 3.63) is 28.8 Å². The molecule has 0 saturated heterocycles. The van der Waals surface area contributed by atoms with Gasteiger partial charge in [-0.1, -0.05) is 37.9 Å². The molecule has 0 aromatic heterocycles. The molecule has 0 heterocycles. The van der Waals surface area contributed by atoms with Crippen LogP contribution in [0.25, 0.3) is 0 Å². The number of aliphatic hydroxyl groups excluding tert-OH is 1. The quantitative estimate of drug-likeness (QED) is 0.796. The number of benzene rings is 1. The van der Waals surface area contributed by atoms with Crippen LogP contribution >= 0.6 is 11.6 Å². The van der Waals surface area contributed by atoms with Crippen LogP contribution in [0.5, 0.6) is 0 Å². The molecule has 1 unspecified atom stereocenters. The third-order valence-electron chi connectivity index (χ3n) is 2.64. The van der Waals surface area contributed by atoms with E-state index in [1.54, 1.807) is 0 Å². The SMILES string of the molecule is CCCC(C)CNc1cc(CO)ccc1Cl. The highest BCUT2D eigenvalue weighted by molar-refractivity contribution is 6.33. The molecule has 0 saturated carbocycles. The lowest BCUT2D eigenvalue weighted by Gasteiger charge is -2.14. The second-order valence-electron chi connectivity index (χ2n) is 4.25. The number of halogens is 1. The zero-order chi connectivity index (χ0) is 12.0. The van der Waals surface area contributed by atoms with Crippen molar-refractivity contribution < 1.29 is 5.11 Å². The van der Waals surface area contributed by atoms with Gasteiger partial charge in [0.1, 0.15) is 0 Å². The fourth-order valence-corrected chi connectivity index (χ4v) is 1.87. The van der Waals surface area contributed by atoms with Crippen LogP contribution in [0.15, 0.2) is 18.2 Å². The van der Waals surface area contributed by atoms with Gasteiger partial charge in [0.05, 0.1) is 17.3 Å². The minimum absolute atomic E-state index is 0.0519. The molecule has 2 N–H and O–H groups in total. The Bertz CT molecular complexity index is 328. The van der Waals surface area contributed by atoms with E-state index >= 15 is 0 Å². The van der Waals surface area contributed by atoms with Crippen molar-refractivity contribution in [1.29, 1.82) is 0 Å². The molecule has 1 rings (SSSR count). The summed E-state index contributed by atoms with van der Waals surface area (Å²) in [4.78, 5) is 0. The highest BCUT2D eigenvalue weighted by Crippen LogP contribution is 2.23. The molecule has 0 aliphatic carbocycles. The Morgan fingerprint density at radius 3 is 2.81 bits per heavy atom. The summed E-state index contributed by atoms with van der Waals surface area (Å²) in [6.45, 7) is 5.38. The molecule has 0 bridgehead atoms. The molecular formula is C13H20ClNO. The maximum absolute atomic E-state index is 9.04. The summed E-state index contributed by atoms with van der Waals surface area (Å²) in [5.41, 5.74) is 1.80. The standard InChI is InChI=1S/C13H20ClNO/c1-3-4-10(2)8-15-13-7-11(9-16)5-6-12(13)14/h5-7,10,15-16H,3-4,8-9H2,1-2H3. The summed E-state index contributed by atoms with van der Waals surface area (Å²) in [6, 6.07) is 5.56. The van der Waals surface area contributed by atoms with Crippen LogP contribution < -0.4 is 5.32 Å². The number of anilines is 1. The molecule has 16 heavy (non-hydrogen) atoms. The smallest absolute Gasteiger partial charge is 0.0682 e. The number of hydrogen-bond donors (Lipinski definition) is 2. The molecular weight excluding hydrogens is 222 g/mol. The van der Waals surface area contributed by atoms with Crippen molar-refractivity contribution in [1.82, 2.24) is 0 Å². The van der Waals surface area contributed by atoms with Crippen molar-refractivity contribution in [3.8, 4) is 0 Å². The third kappa shape index (κ3) is 4.03. The Morgan fingerprint density at radius 2 is 2.19 bits per heavy atom. The Morgan fingerprint density at radius 1 is 1.44 bits per heavy atom. The van der Waals surface area contributed by atoms with Gasteiger partial charge in [-0.05, 0) is 30.0 Å². The normalized spacial score (nSPS) is 12.5. The predicted octanol–water partition coefficient (Wildman–Crippen LogP) is 3.68. The van der Waals surface area contributed by atoms with Gasteiger partial charge in [0.2, 0.25) is 0 Å². The lowest BCUT2D eigenvalue weighted by Crippen LogP contribution is -2.11. The summed E-state index contributed by atoms with van der Waals surface area (Å²) in [7, 11) is 0. The van der Waals surface area contributed by atoms with Crippen molar-refractivity contribution >= 4 is 17.3 Å². The van der Waals surface area contributed by atoms with Gasteiger partial charge in [0.15, 0.2) is 0 Å². The number of hydrogen-bond acceptors (Lipinski definition) is 2. The largest absolute Gasteiger partial charge is 0.392 e. The summed E-state index contributed by atoms with van der Waals surface area (Å²) in [5.74, 6) is 0.638. The van der Waals surface area contributed by atoms with E-state index in [1.807, 2.05) is 18.2 Å². The van der Waals surface area contributed by atoms with E-state index < -0.39 is 0 Å². The predicted molar refractivity (Wildman–Crippen MR) is 69.9 cm³/mol. The fourth-order valence-electron chi connectivity index (χ4n) is 1.69. The van der Waals surface area contributed by atoms with Crippen LogP contribution in [0.3, 0.4) is 0 Å². The Hall–Kier alpha value is -0.730. The van der Waals surface area contributed by atoms with Crippen LogP contribution in [0.1, 0.15) is 32.3 Å². The lowest BCUT2D eigenvalue weighted by atomic mass is 10.1. The zero-order valence-electron chi connectivity index (χ0n) is 9.96. The van der Waals surface area contributed by atoms with Gasteiger partial charge >= 0.3 is 0 Å². The first-order chi connectivity index (χ1) is 7.67. The average molecular weight is 242 g/mol.